The van der Waals surface area contributed by atoms with Crippen LogP contribution in [0.5, 0.6) is 0 Å². The van der Waals surface area contributed by atoms with Crippen LogP contribution in [-0.4, -0.2) is 10.9 Å². The second-order valence-corrected chi connectivity index (χ2v) is 6.29. The van der Waals surface area contributed by atoms with Gasteiger partial charge in [0.1, 0.15) is 0 Å². The van der Waals surface area contributed by atoms with Crippen molar-refractivity contribution >= 4 is 65.1 Å². The molecular formula is C12H8Br3N3O. The first kappa shape index (κ1) is 14.5. The number of nitrogens with one attached hydrogen (secondary N) is 1. The van der Waals surface area contributed by atoms with E-state index in [0.29, 0.717) is 16.9 Å². The summed E-state index contributed by atoms with van der Waals surface area (Å²) in [6.07, 6.45) is 2.97. The molecule has 0 atom stereocenters. The molecule has 2 aromatic rings. The third-order valence-electron chi connectivity index (χ3n) is 2.34. The number of nitrogens with two attached hydrogens (primary N) is 1. The van der Waals surface area contributed by atoms with Gasteiger partial charge in [-0.3, -0.25) is 9.78 Å². The molecule has 0 aliphatic carbocycles. The number of halogens is 3. The average Bonchev–Trinajstić information content (AvgIpc) is 2.34. The van der Waals surface area contributed by atoms with Gasteiger partial charge in [-0.25, -0.2) is 0 Å². The lowest BCUT2D eigenvalue weighted by Crippen LogP contribution is -2.15. The average molecular weight is 450 g/mol. The van der Waals surface area contributed by atoms with Gasteiger partial charge in [0.15, 0.2) is 0 Å². The van der Waals surface area contributed by atoms with E-state index >= 15 is 0 Å². The number of hydrogen-bond donors (Lipinski definition) is 2. The topological polar surface area (TPSA) is 68.0 Å². The summed E-state index contributed by atoms with van der Waals surface area (Å²) < 4.78 is 2.41. The third kappa shape index (κ3) is 3.34. The van der Waals surface area contributed by atoms with E-state index in [2.05, 4.69) is 58.1 Å². The number of hydrogen-bond acceptors (Lipinski definition) is 3. The Bertz CT molecular complexity index is 623. The van der Waals surface area contributed by atoms with Crippen LogP contribution in [-0.2, 0) is 0 Å². The SMILES string of the molecule is Nc1cnccc1C(=O)Nc1c(Br)cc(Br)cc1Br. The highest BCUT2D eigenvalue weighted by Crippen LogP contribution is 2.34. The minimum absolute atomic E-state index is 0.288. The molecule has 0 spiro atoms. The Balaban J connectivity index is 2.32. The van der Waals surface area contributed by atoms with Crippen LogP contribution in [0.2, 0.25) is 0 Å². The van der Waals surface area contributed by atoms with Crippen LogP contribution in [0.15, 0.2) is 44.0 Å². The maximum Gasteiger partial charge on any atom is 0.257 e. The summed E-state index contributed by atoms with van der Waals surface area (Å²) in [7, 11) is 0. The Kier molecular flexibility index (Phi) is 4.59. The highest BCUT2D eigenvalue weighted by atomic mass is 79.9. The molecule has 1 heterocycles. The van der Waals surface area contributed by atoms with Crippen molar-refractivity contribution < 1.29 is 4.79 Å². The molecule has 0 unspecified atom stereocenters. The van der Waals surface area contributed by atoms with E-state index in [1.807, 2.05) is 12.1 Å². The van der Waals surface area contributed by atoms with Gasteiger partial charge in [-0.15, -0.1) is 0 Å². The van der Waals surface area contributed by atoms with Crippen LogP contribution in [0.25, 0.3) is 0 Å². The first-order chi connectivity index (χ1) is 8.99. The molecule has 0 aliphatic rings. The number of aromatic nitrogens is 1. The van der Waals surface area contributed by atoms with Crippen LogP contribution < -0.4 is 11.1 Å². The quantitative estimate of drug-likeness (QED) is 0.721. The first-order valence-electron chi connectivity index (χ1n) is 5.14. The second kappa shape index (κ2) is 6.02. The molecule has 7 heteroatoms. The fraction of sp³-hybridized carbons (Fsp3) is 0. The Morgan fingerprint density at radius 3 is 2.42 bits per heavy atom. The maximum absolute atomic E-state index is 12.2. The van der Waals surface area contributed by atoms with Crippen LogP contribution in [0.4, 0.5) is 11.4 Å². The van der Waals surface area contributed by atoms with Crippen LogP contribution in [0.3, 0.4) is 0 Å². The summed E-state index contributed by atoms with van der Waals surface area (Å²) in [4.78, 5) is 16.0. The molecule has 0 saturated carbocycles. The van der Waals surface area contributed by atoms with Crippen molar-refractivity contribution in [2.75, 3.05) is 11.1 Å². The van der Waals surface area contributed by atoms with Gasteiger partial charge in [-0.05, 0) is 50.1 Å². The number of carbonyl (C=O) groups is 1. The van der Waals surface area contributed by atoms with Crippen molar-refractivity contribution in [3.63, 3.8) is 0 Å². The zero-order valence-electron chi connectivity index (χ0n) is 9.45. The molecule has 1 aromatic heterocycles. The predicted octanol–water partition coefficient (Wildman–Crippen LogP) is 4.20. The molecule has 0 fully saturated rings. The summed E-state index contributed by atoms with van der Waals surface area (Å²) in [5.74, 6) is -0.288. The summed E-state index contributed by atoms with van der Waals surface area (Å²) in [6, 6.07) is 5.26. The van der Waals surface area contributed by atoms with Crippen molar-refractivity contribution in [3.05, 3.63) is 49.6 Å². The fourth-order valence-electron chi connectivity index (χ4n) is 1.46. The molecular weight excluding hydrogens is 442 g/mol. The summed E-state index contributed by atoms with van der Waals surface area (Å²) in [6.45, 7) is 0. The van der Waals surface area contributed by atoms with E-state index in [0.717, 1.165) is 13.4 Å². The fourth-order valence-corrected chi connectivity index (χ4v) is 3.91. The second-order valence-electron chi connectivity index (χ2n) is 3.66. The maximum atomic E-state index is 12.2. The molecule has 3 N–H and O–H groups in total. The molecule has 1 aromatic carbocycles. The van der Waals surface area contributed by atoms with Crippen molar-refractivity contribution in [1.82, 2.24) is 4.98 Å². The number of benzene rings is 1. The van der Waals surface area contributed by atoms with Crippen molar-refractivity contribution in [3.8, 4) is 0 Å². The van der Waals surface area contributed by atoms with Crippen molar-refractivity contribution in [2.45, 2.75) is 0 Å². The van der Waals surface area contributed by atoms with Gasteiger partial charge in [0, 0.05) is 19.6 Å². The van der Waals surface area contributed by atoms with Gasteiger partial charge in [-0.2, -0.15) is 0 Å². The number of rotatable bonds is 2. The Hall–Kier alpha value is -0.920. The van der Waals surface area contributed by atoms with Gasteiger partial charge >= 0.3 is 0 Å². The van der Waals surface area contributed by atoms with Crippen LogP contribution in [0, 0.1) is 0 Å². The lowest BCUT2D eigenvalue weighted by molar-refractivity contribution is 0.102. The van der Waals surface area contributed by atoms with Gasteiger partial charge in [0.05, 0.1) is 23.1 Å². The zero-order valence-corrected chi connectivity index (χ0v) is 14.2. The molecule has 4 nitrogen and oxygen atoms in total. The monoisotopic (exact) mass is 447 g/mol. The summed E-state index contributed by atoms with van der Waals surface area (Å²) >= 11 is 10.2. The smallest absolute Gasteiger partial charge is 0.257 e. The minimum Gasteiger partial charge on any atom is -0.397 e. The van der Waals surface area contributed by atoms with Crippen molar-refractivity contribution in [1.29, 1.82) is 0 Å². The van der Waals surface area contributed by atoms with Gasteiger partial charge in [0.25, 0.3) is 5.91 Å². The zero-order chi connectivity index (χ0) is 14.0. The molecule has 0 radical (unpaired) electrons. The number of pyridine rings is 1. The largest absolute Gasteiger partial charge is 0.397 e. The van der Waals surface area contributed by atoms with E-state index in [4.69, 9.17) is 5.73 Å². The van der Waals surface area contributed by atoms with Gasteiger partial charge < -0.3 is 11.1 Å². The van der Waals surface area contributed by atoms with Crippen LogP contribution in [0.1, 0.15) is 10.4 Å². The first-order valence-corrected chi connectivity index (χ1v) is 7.52. The highest BCUT2D eigenvalue weighted by molar-refractivity contribution is 9.11. The lowest BCUT2D eigenvalue weighted by atomic mass is 10.2. The molecule has 1 amide bonds. The minimum atomic E-state index is -0.288. The molecule has 98 valence electrons. The molecule has 2 rings (SSSR count). The summed E-state index contributed by atoms with van der Waals surface area (Å²) in [5.41, 5.74) is 7.09. The number of amides is 1. The number of anilines is 2. The lowest BCUT2D eigenvalue weighted by Gasteiger charge is -2.11. The Labute approximate surface area is 135 Å². The number of nitrogens with zero attached hydrogens (tertiary/aromatic N) is 1. The molecule has 0 aliphatic heterocycles. The molecule has 0 saturated heterocycles. The third-order valence-corrected chi connectivity index (χ3v) is 4.05. The highest BCUT2D eigenvalue weighted by Gasteiger charge is 2.14. The van der Waals surface area contributed by atoms with Gasteiger partial charge in [-0.1, -0.05) is 15.9 Å². The normalized spacial score (nSPS) is 10.3. The van der Waals surface area contributed by atoms with Crippen LogP contribution >= 0.6 is 47.8 Å². The Morgan fingerprint density at radius 1 is 1.21 bits per heavy atom. The van der Waals surface area contributed by atoms with E-state index in [-0.39, 0.29) is 5.91 Å². The van der Waals surface area contributed by atoms with E-state index in [9.17, 15) is 4.79 Å². The molecule has 0 bridgehead atoms. The Morgan fingerprint density at radius 2 is 1.84 bits per heavy atom. The molecule has 19 heavy (non-hydrogen) atoms. The number of carbonyl (C=O) groups excluding carboxylic acids is 1. The van der Waals surface area contributed by atoms with E-state index < -0.39 is 0 Å². The summed E-state index contributed by atoms with van der Waals surface area (Å²) in [5, 5.41) is 2.80. The predicted molar refractivity (Wildman–Crippen MR) is 86.1 cm³/mol. The standard InChI is InChI=1S/C12H8Br3N3O/c13-6-3-8(14)11(9(15)4-6)18-12(19)7-1-2-17-5-10(7)16/h1-5H,16H2,(H,18,19). The van der Waals surface area contributed by atoms with Gasteiger partial charge in [0.2, 0.25) is 0 Å². The van der Waals surface area contributed by atoms with E-state index in [1.54, 1.807) is 6.07 Å². The van der Waals surface area contributed by atoms with Crippen molar-refractivity contribution in [2.24, 2.45) is 0 Å². The van der Waals surface area contributed by atoms with E-state index in [1.165, 1.54) is 12.4 Å². The number of nitrogen functional groups attached to an aromatic ring is 1.